The third-order valence-electron chi connectivity index (χ3n) is 5.78. The molecular weight excluding hydrogens is 447 g/mol. The number of anilines is 1. The monoisotopic (exact) mass is 470 g/mol. The number of amides is 2. The van der Waals surface area contributed by atoms with Crippen molar-refractivity contribution in [3.8, 4) is 5.69 Å². The molecule has 2 amide bonds. The van der Waals surface area contributed by atoms with Crippen LogP contribution in [-0.4, -0.2) is 52.9 Å². The molecule has 2 N–H and O–H groups in total. The molecular formula is C22H23FN6O3S. The molecule has 3 heterocycles. The lowest BCUT2D eigenvalue weighted by Crippen LogP contribution is -2.42. The van der Waals surface area contributed by atoms with Gasteiger partial charge < -0.3 is 9.64 Å². The molecule has 0 atom stereocenters. The number of carbonyl (C=O) groups excluding carboxylic acids is 2. The number of hydrogen-bond acceptors (Lipinski definition) is 7. The van der Waals surface area contributed by atoms with Crippen LogP contribution in [0, 0.1) is 12.7 Å². The summed E-state index contributed by atoms with van der Waals surface area (Å²) in [5.41, 5.74) is 8.33. The van der Waals surface area contributed by atoms with E-state index in [1.807, 2.05) is 0 Å². The standard InChI is InChI=1S/C22H23FN6O3S/c1-13-19(33-22(24-13)28-9-11-32-12-10-28)21(31)26-25-20(30)18-16-3-2-4-17(16)29(27-18)15-7-5-14(23)6-8-15/h5-8H,2-4,9-12H2,1H3,(H,25,30)(H,26,31). The van der Waals surface area contributed by atoms with Gasteiger partial charge in [-0.15, -0.1) is 0 Å². The zero-order chi connectivity index (χ0) is 22.9. The van der Waals surface area contributed by atoms with Gasteiger partial charge in [-0.3, -0.25) is 20.4 Å². The number of aryl methyl sites for hydroxylation is 1. The molecule has 2 aromatic heterocycles. The molecule has 0 radical (unpaired) electrons. The van der Waals surface area contributed by atoms with Gasteiger partial charge in [0.2, 0.25) is 0 Å². The van der Waals surface area contributed by atoms with Crippen LogP contribution in [0.3, 0.4) is 0 Å². The Morgan fingerprint density at radius 3 is 2.58 bits per heavy atom. The van der Waals surface area contributed by atoms with Gasteiger partial charge in [0.15, 0.2) is 10.8 Å². The Hall–Kier alpha value is -3.31. The van der Waals surface area contributed by atoms with Gasteiger partial charge in [0.25, 0.3) is 11.8 Å². The minimum Gasteiger partial charge on any atom is -0.378 e. The van der Waals surface area contributed by atoms with Crippen molar-refractivity contribution >= 4 is 28.3 Å². The number of morpholine rings is 1. The van der Waals surface area contributed by atoms with Crippen molar-refractivity contribution in [1.29, 1.82) is 0 Å². The Bertz CT molecular complexity index is 1200. The highest BCUT2D eigenvalue weighted by atomic mass is 32.1. The number of aromatic nitrogens is 3. The summed E-state index contributed by atoms with van der Waals surface area (Å²) >= 11 is 1.29. The van der Waals surface area contributed by atoms with Crippen molar-refractivity contribution in [3.05, 3.63) is 57.6 Å². The molecule has 0 saturated carbocycles. The summed E-state index contributed by atoms with van der Waals surface area (Å²) in [5, 5.41) is 5.23. The topological polar surface area (TPSA) is 101 Å². The zero-order valence-corrected chi connectivity index (χ0v) is 18.9. The van der Waals surface area contributed by atoms with E-state index in [4.69, 9.17) is 4.74 Å². The van der Waals surface area contributed by atoms with Gasteiger partial charge in [-0.25, -0.2) is 14.1 Å². The Morgan fingerprint density at radius 1 is 1.09 bits per heavy atom. The molecule has 33 heavy (non-hydrogen) atoms. The van der Waals surface area contributed by atoms with E-state index < -0.39 is 11.8 Å². The smallest absolute Gasteiger partial charge is 0.290 e. The van der Waals surface area contributed by atoms with Gasteiger partial charge in [0.1, 0.15) is 10.7 Å². The molecule has 0 bridgehead atoms. The average Bonchev–Trinajstić information content (AvgIpc) is 3.54. The fourth-order valence-corrected chi connectivity index (χ4v) is 5.14. The summed E-state index contributed by atoms with van der Waals surface area (Å²) in [5.74, 6) is -1.25. The maximum atomic E-state index is 13.3. The molecule has 9 nitrogen and oxygen atoms in total. The Balaban J connectivity index is 1.30. The SMILES string of the molecule is Cc1nc(N2CCOCC2)sc1C(=O)NNC(=O)c1nn(-c2ccc(F)cc2)c2c1CCC2. The second-order valence-corrected chi connectivity index (χ2v) is 8.91. The van der Waals surface area contributed by atoms with Crippen molar-refractivity contribution in [2.45, 2.75) is 26.2 Å². The third kappa shape index (κ3) is 4.21. The number of fused-ring (bicyclic) bond motifs is 1. The fourth-order valence-electron chi connectivity index (χ4n) is 4.13. The second kappa shape index (κ2) is 8.91. The Morgan fingerprint density at radius 2 is 1.82 bits per heavy atom. The summed E-state index contributed by atoms with van der Waals surface area (Å²) in [6.45, 7) is 4.49. The number of ether oxygens (including phenoxy) is 1. The van der Waals surface area contributed by atoms with Gasteiger partial charge in [0, 0.05) is 24.3 Å². The van der Waals surface area contributed by atoms with Gasteiger partial charge in [0.05, 0.1) is 24.6 Å². The van der Waals surface area contributed by atoms with Gasteiger partial charge in [-0.05, 0) is 50.5 Å². The number of hydrogen-bond donors (Lipinski definition) is 2. The second-order valence-electron chi connectivity index (χ2n) is 7.93. The molecule has 1 aliphatic carbocycles. The van der Waals surface area contributed by atoms with Crippen molar-refractivity contribution < 1.29 is 18.7 Å². The van der Waals surface area contributed by atoms with Crippen LogP contribution in [0.2, 0.25) is 0 Å². The predicted octanol–water partition coefficient (Wildman–Crippen LogP) is 2.18. The normalized spacial score (nSPS) is 15.4. The first-order valence-electron chi connectivity index (χ1n) is 10.8. The molecule has 1 saturated heterocycles. The van der Waals surface area contributed by atoms with Gasteiger partial charge in [-0.2, -0.15) is 5.10 Å². The quantitative estimate of drug-likeness (QED) is 0.567. The molecule has 2 aliphatic rings. The van der Waals surface area contributed by atoms with Crippen LogP contribution in [0.25, 0.3) is 5.69 Å². The van der Waals surface area contributed by atoms with Crippen LogP contribution in [-0.2, 0) is 17.6 Å². The van der Waals surface area contributed by atoms with Crippen LogP contribution < -0.4 is 15.8 Å². The number of carbonyl (C=O) groups is 2. The molecule has 172 valence electrons. The van der Waals surface area contributed by atoms with Gasteiger partial charge in [-0.1, -0.05) is 11.3 Å². The van der Waals surface area contributed by atoms with E-state index in [1.165, 1.54) is 23.5 Å². The molecule has 0 unspecified atom stereocenters. The van der Waals surface area contributed by atoms with Crippen LogP contribution in [0.15, 0.2) is 24.3 Å². The lowest BCUT2D eigenvalue weighted by molar-refractivity contribution is 0.0845. The molecule has 3 aromatic rings. The van der Waals surface area contributed by atoms with E-state index in [0.717, 1.165) is 48.7 Å². The number of thiazole rings is 1. The van der Waals surface area contributed by atoms with Crippen molar-refractivity contribution in [2.75, 3.05) is 31.2 Å². The van der Waals surface area contributed by atoms with Crippen molar-refractivity contribution in [1.82, 2.24) is 25.6 Å². The summed E-state index contributed by atoms with van der Waals surface area (Å²) in [6, 6.07) is 5.98. The number of halogens is 1. The van der Waals surface area contributed by atoms with Crippen LogP contribution in [0.5, 0.6) is 0 Å². The highest BCUT2D eigenvalue weighted by molar-refractivity contribution is 7.17. The zero-order valence-electron chi connectivity index (χ0n) is 18.1. The van der Waals surface area contributed by atoms with Crippen molar-refractivity contribution in [2.24, 2.45) is 0 Å². The van der Waals surface area contributed by atoms with Crippen LogP contribution in [0.1, 0.15) is 43.5 Å². The summed E-state index contributed by atoms with van der Waals surface area (Å²) < 4.78 is 20.4. The minimum atomic E-state index is -0.488. The van der Waals surface area contributed by atoms with Gasteiger partial charge >= 0.3 is 0 Å². The van der Waals surface area contributed by atoms with E-state index >= 15 is 0 Å². The van der Waals surface area contributed by atoms with E-state index in [-0.39, 0.29) is 11.5 Å². The molecule has 1 fully saturated rings. The van der Waals surface area contributed by atoms with E-state index in [1.54, 1.807) is 23.7 Å². The lowest BCUT2D eigenvalue weighted by atomic mass is 10.2. The number of nitrogens with zero attached hydrogens (tertiary/aromatic N) is 4. The molecule has 5 rings (SSSR count). The first kappa shape index (κ1) is 21.5. The molecule has 11 heteroatoms. The highest BCUT2D eigenvalue weighted by Crippen LogP contribution is 2.28. The minimum absolute atomic E-state index is 0.266. The number of nitrogens with one attached hydrogen (secondary N) is 2. The summed E-state index contributed by atoms with van der Waals surface area (Å²) in [6.07, 6.45) is 2.42. The Kier molecular flexibility index (Phi) is 5.81. The summed E-state index contributed by atoms with van der Waals surface area (Å²) in [7, 11) is 0. The molecule has 1 aliphatic heterocycles. The maximum Gasteiger partial charge on any atom is 0.290 e. The third-order valence-corrected chi connectivity index (χ3v) is 7.00. The lowest BCUT2D eigenvalue weighted by Gasteiger charge is -2.25. The largest absolute Gasteiger partial charge is 0.378 e. The van der Waals surface area contributed by atoms with E-state index in [0.29, 0.717) is 29.5 Å². The van der Waals surface area contributed by atoms with Crippen molar-refractivity contribution in [3.63, 3.8) is 0 Å². The first-order valence-corrected chi connectivity index (χ1v) is 11.6. The number of rotatable bonds is 4. The highest BCUT2D eigenvalue weighted by Gasteiger charge is 2.28. The van der Waals surface area contributed by atoms with Crippen LogP contribution >= 0.6 is 11.3 Å². The van der Waals surface area contributed by atoms with Crippen LogP contribution in [0.4, 0.5) is 9.52 Å². The average molecular weight is 471 g/mol. The fraction of sp³-hybridized carbons (Fsp3) is 0.364. The maximum absolute atomic E-state index is 13.3. The van der Waals surface area contributed by atoms with E-state index in [9.17, 15) is 14.0 Å². The Labute approximate surface area is 193 Å². The predicted molar refractivity (Wildman–Crippen MR) is 120 cm³/mol. The molecule has 1 aromatic carbocycles. The number of benzene rings is 1. The molecule has 0 spiro atoms. The van der Waals surface area contributed by atoms with E-state index in [2.05, 4.69) is 25.8 Å². The first-order chi connectivity index (χ1) is 16.0. The number of hydrazine groups is 1. The summed E-state index contributed by atoms with van der Waals surface area (Å²) in [4.78, 5) is 32.6.